The normalized spacial score (nSPS) is 25.9. The summed E-state index contributed by atoms with van der Waals surface area (Å²) in [5, 5.41) is 0. The maximum atomic E-state index is 13.1. The summed E-state index contributed by atoms with van der Waals surface area (Å²) in [6.07, 6.45) is 0. The zero-order valence-corrected chi connectivity index (χ0v) is 16.7. The number of benzene rings is 1. The van der Waals surface area contributed by atoms with Gasteiger partial charge in [0.1, 0.15) is 0 Å². The molecule has 1 unspecified atom stereocenters. The van der Waals surface area contributed by atoms with Crippen LogP contribution in [-0.2, 0) is 10.0 Å². The van der Waals surface area contributed by atoms with E-state index in [-0.39, 0.29) is 11.6 Å². The molecule has 25 heavy (non-hydrogen) atoms. The van der Waals surface area contributed by atoms with Gasteiger partial charge in [-0.1, -0.05) is 32.0 Å². The van der Waals surface area contributed by atoms with Crippen molar-refractivity contribution in [2.45, 2.75) is 44.2 Å². The summed E-state index contributed by atoms with van der Waals surface area (Å²) in [5.74, 6) is 0.632. The predicted octanol–water partition coefficient (Wildman–Crippen LogP) is 2.11. The molecule has 2 aliphatic heterocycles. The lowest BCUT2D eigenvalue weighted by molar-refractivity contribution is -0.0451. The number of hydrogen-bond acceptors (Lipinski definition) is 4. The second kappa shape index (κ2) is 6.99. The molecule has 2 fully saturated rings. The molecule has 2 saturated heterocycles. The maximum Gasteiger partial charge on any atom is 0.243 e. The molecule has 140 valence electrons. The summed E-state index contributed by atoms with van der Waals surface area (Å²) < 4.78 is 27.9. The molecule has 0 aromatic heterocycles. The molecule has 0 N–H and O–H groups in total. The Morgan fingerprint density at radius 2 is 1.80 bits per heavy atom. The van der Waals surface area contributed by atoms with Crippen molar-refractivity contribution in [2.24, 2.45) is 5.92 Å². The van der Waals surface area contributed by atoms with Crippen LogP contribution in [0, 0.1) is 5.92 Å². The van der Waals surface area contributed by atoms with Gasteiger partial charge < -0.3 is 4.90 Å². The highest BCUT2D eigenvalue weighted by molar-refractivity contribution is 7.89. The molecule has 0 spiro atoms. The van der Waals surface area contributed by atoms with Crippen LogP contribution in [0.25, 0.3) is 0 Å². The summed E-state index contributed by atoms with van der Waals surface area (Å²) in [4.78, 5) is 5.40. The number of hydrogen-bond donors (Lipinski definition) is 0. The lowest BCUT2D eigenvalue weighted by Gasteiger charge is -2.55. The van der Waals surface area contributed by atoms with Crippen molar-refractivity contribution in [3.05, 3.63) is 30.3 Å². The molecule has 6 heteroatoms. The molecular formula is C19H31N3O2S. The third kappa shape index (κ3) is 3.92. The third-order valence-corrected chi connectivity index (χ3v) is 7.15. The molecule has 0 saturated carbocycles. The maximum absolute atomic E-state index is 13.1. The van der Waals surface area contributed by atoms with E-state index in [1.54, 1.807) is 28.6 Å². The van der Waals surface area contributed by atoms with E-state index in [1.165, 1.54) is 0 Å². The topological polar surface area (TPSA) is 43.9 Å². The first-order chi connectivity index (χ1) is 11.7. The van der Waals surface area contributed by atoms with Crippen molar-refractivity contribution >= 4 is 10.0 Å². The zero-order valence-electron chi connectivity index (χ0n) is 15.9. The van der Waals surface area contributed by atoms with Gasteiger partial charge >= 0.3 is 0 Å². The second-order valence-electron chi connectivity index (χ2n) is 8.42. The van der Waals surface area contributed by atoms with Gasteiger partial charge in [0.15, 0.2) is 0 Å². The molecule has 0 radical (unpaired) electrons. The fraction of sp³-hybridized carbons (Fsp3) is 0.684. The quantitative estimate of drug-likeness (QED) is 0.820. The predicted molar refractivity (Wildman–Crippen MR) is 101 cm³/mol. The van der Waals surface area contributed by atoms with E-state index in [0.717, 1.165) is 26.2 Å². The minimum absolute atomic E-state index is 0.144. The van der Waals surface area contributed by atoms with Gasteiger partial charge in [-0.25, -0.2) is 8.42 Å². The lowest BCUT2D eigenvalue weighted by atomic mass is 9.94. The minimum Gasteiger partial charge on any atom is -0.300 e. The first-order valence-corrected chi connectivity index (χ1v) is 10.7. The molecular weight excluding hydrogens is 334 g/mol. The van der Waals surface area contributed by atoms with Gasteiger partial charge in [0.2, 0.25) is 10.0 Å². The Balaban J connectivity index is 1.82. The highest BCUT2D eigenvalue weighted by Crippen LogP contribution is 2.31. The van der Waals surface area contributed by atoms with Crippen LogP contribution in [0.5, 0.6) is 0 Å². The van der Waals surface area contributed by atoms with E-state index in [9.17, 15) is 8.42 Å². The van der Waals surface area contributed by atoms with Crippen LogP contribution in [0.1, 0.15) is 27.7 Å². The van der Waals surface area contributed by atoms with Crippen molar-refractivity contribution in [3.8, 4) is 0 Å². The molecule has 0 aliphatic carbocycles. The number of nitrogens with zero attached hydrogens (tertiary/aromatic N) is 3. The Bertz CT molecular complexity index is 688. The van der Waals surface area contributed by atoms with Gasteiger partial charge in [0, 0.05) is 50.8 Å². The Hall–Kier alpha value is -0.950. The van der Waals surface area contributed by atoms with Crippen LogP contribution in [0.2, 0.25) is 0 Å². The summed E-state index contributed by atoms with van der Waals surface area (Å²) in [6.45, 7) is 14.1. The summed E-state index contributed by atoms with van der Waals surface area (Å²) in [5.41, 5.74) is -0.144. The number of piperazine rings is 2. The van der Waals surface area contributed by atoms with Crippen molar-refractivity contribution in [1.82, 2.24) is 14.1 Å². The zero-order chi connectivity index (χ0) is 18.2. The Kier molecular flexibility index (Phi) is 5.26. The SMILES string of the molecule is CC(C)CN1CCN2C(C1)CN(S(=O)(=O)c1ccccc1)CC2(C)C. The summed E-state index contributed by atoms with van der Waals surface area (Å²) in [7, 11) is -3.44. The van der Waals surface area contributed by atoms with Gasteiger partial charge in [-0.05, 0) is 31.9 Å². The lowest BCUT2D eigenvalue weighted by Crippen LogP contribution is -2.70. The highest BCUT2D eigenvalue weighted by Gasteiger charge is 2.45. The van der Waals surface area contributed by atoms with Crippen molar-refractivity contribution < 1.29 is 8.42 Å². The first-order valence-electron chi connectivity index (χ1n) is 9.24. The van der Waals surface area contributed by atoms with E-state index in [0.29, 0.717) is 23.9 Å². The van der Waals surface area contributed by atoms with Crippen LogP contribution in [0.15, 0.2) is 35.2 Å². The van der Waals surface area contributed by atoms with E-state index >= 15 is 0 Å². The third-order valence-electron chi connectivity index (χ3n) is 5.33. The molecule has 3 rings (SSSR count). The average molecular weight is 366 g/mol. The standard InChI is InChI=1S/C19H31N3O2S/c1-16(2)12-20-10-11-22-17(13-20)14-21(15-19(22,3)4)25(23,24)18-8-6-5-7-9-18/h5-9,16-17H,10-15H2,1-4H3. The van der Waals surface area contributed by atoms with Crippen molar-refractivity contribution in [3.63, 3.8) is 0 Å². The van der Waals surface area contributed by atoms with Crippen molar-refractivity contribution in [2.75, 3.05) is 39.3 Å². The number of sulfonamides is 1. The first kappa shape index (κ1) is 18.8. The molecule has 1 aromatic carbocycles. The molecule has 0 amide bonds. The van der Waals surface area contributed by atoms with Gasteiger partial charge in [0.25, 0.3) is 0 Å². The largest absolute Gasteiger partial charge is 0.300 e. The Morgan fingerprint density at radius 3 is 2.44 bits per heavy atom. The summed E-state index contributed by atoms with van der Waals surface area (Å²) in [6, 6.07) is 9.08. The highest BCUT2D eigenvalue weighted by atomic mass is 32.2. The van der Waals surface area contributed by atoms with E-state index in [2.05, 4.69) is 37.5 Å². The Labute approximate surface area is 152 Å². The van der Waals surface area contributed by atoms with E-state index in [4.69, 9.17) is 0 Å². The average Bonchev–Trinajstić information content (AvgIpc) is 2.54. The fourth-order valence-corrected chi connectivity index (χ4v) is 5.96. The number of rotatable bonds is 4. The van der Waals surface area contributed by atoms with Crippen LogP contribution in [0.4, 0.5) is 0 Å². The van der Waals surface area contributed by atoms with Gasteiger partial charge in [0.05, 0.1) is 4.90 Å². The van der Waals surface area contributed by atoms with Crippen LogP contribution < -0.4 is 0 Å². The monoisotopic (exact) mass is 365 g/mol. The molecule has 1 atom stereocenters. The van der Waals surface area contributed by atoms with Gasteiger partial charge in [-0.15, -0.1) is 0 Å². The van der Waals surface area contributed by atoms with Gasteiger partial charge in [-0.3, -0.25) is 4.90 Å². The molecule has 2 aliphatic rings. The molecule has 2 heterocycles. The smallest absolute Gasteiger partial charge is 0.243 e. The molecule has 5 nitrogen and oxygen atoms in total. The fourth-order valence-electron chi connectivity index (χ4n) is 4.30. The summed E-state index contributed by atoms with van der Waals surface area (Å²) >= 11 is 0. The van der Waals surface area contributed by atoms with Crippen LogP contribution in [0.3, 0.4) is 0 Å². The molecule has 0 bridgehead atoms. The van der Waals surface area contributed by atoms with Crippen molar-refractivity contribution in [1.29, 1.82) is 0 Å². The molecule has 1 aromatic rings. The van der Waals surface area contributed by atoms with Crippen LogP contribution in [-0.4, -0.2) is 73.4 Å². The van der Waals surface area contributed by atoms with Crippen LogP contribution >= 0.6 is 0 Å². The minimum atomic E-state index is -3.44. The van der Waals surface area contributed by atoms with Gasteiger partial charge in [-0.2, -0.15) is 4.31 Å². The van der Waals surface area contributed by atoms with E-state index in [1.807, 2.05) is 6.07 Å². The Morgan fingerprint density at radius 1 is 1.12 bits per heavy atom. The van der Waals surface area contributed by atoms with E-state index < -0.39 is 10.0 Å². The second-order valence-corrected chi connectivity index (χ2v) is 10.4. The number of fused-ring (bicyclic) bond motifs is 1.